The maximum atomic E-state index is 13.0. The number of halogens is 1. The smallest absolute Gasteiger partial charge is 0.338 e. The summed E-state index contributed by atoms with van der Waals surface area (Å²) in [4.78, 5) is 11.4. The second kappa shape index (κ2) is 6.02. The summed E-state index contributed by atoms with van der Waals surface area (Å²) in [7, 11) is 0. The Bertz CT molecular complexity index is 355. The molecule has 0 aliphatic rings. The van der Waals surface area contributed by atoms with Crippen LogP contribution in [0.1, 0.15) is 10.4 Å². The topological polar surface area (TPSA) is 37.3 Å². The number of rotatable bonds is 5. The third-order valence-corrected chi connectivity index (χ3v) is 3.59. The predicted octanol–water partition coefficient (Wildman–Crippen LogP) is 2.98. The standard InChI is InChI=1S/C10H11FO2S2/c1-14-4-5-15-7-2-3-9(11)8(6-7)10(12)13/h2-3,6H,4-5H2,1H3,(H,12,13). The van der Waals surface area contributed by atoms with Crippen LogP contribution in [0.5, 0.6) is 0 Å². The van der Waals surface area contributed by atoms with Gasteiger partial charge in [0.05, 0.1) is 5.56 Å². The van der Waals surface area contributed by atoms with Crippen LogP contribution in [-0.4, -0.2) is 28.8 Å². The molecule has 0 aliphatic heterocycles. The molecule has 82 valence electrons. The van der Waals surface area contributed by atoms with Gasteiger partial charge in [-0.2, -0.15) is 11.8 Å². The molecule has 1 aromatic carbocycles. The molecule has 0 bridgehead atoms. The monoisotopic (exact) mass is 246 g/mol. The van der Waals surface area contributed by atoms with Crippen molar-refractivity contribution in [3.05, 3.63) is 29.6 Å². The molecule has 2 nitrogen and oxygen atoms in total. The molecule has 0 unspecified atom stereocenters. The highest BCUT2D eigenvalue weighted by molar-refractivity contribution is 8.02. The average Bonchev–Trinajstić information content (AvgIpc) is 2.20. The van der Waals surface area contributed by atoms with E-state index in [1.165, 1.54) is 23.9 Å². The summed E-state index contributed by atoms with van der Waals surface area (Å²) in [6, 6.07) is 4.18. The van der Waals surface area contributed by atoms with Crippen LogP contribution >= 0.6 is 23.5 Å². The fraction of sp³-hybridized carbons (Fsp3) is 0.300. The lowest BCUT2D eigenvalue weighted by molar-refractivity contribution is 0.0691. The molecule has 0 spiro atoms. The maximum Gasteiger partial charge on any atom is 0.338 e. The predicted molar refractivity (Wildman–Crippen MR) is 62.5 cm³/mol. The molecule has 0 amide bonds. The first-order valence-corrected chi connectivity index (χ1v) is 6.67. The van der Waals surface area contributed by atoms with E-state index in [-0.39, 0.29) is 5.56 Å². The lowest BCUT2D eigenvalue weighted by Crippen LogP contribution is -2.00. The molecule has 5 heteroatoms. The van der Waals surface area contributed by atoms with Crippen molar-refractivity contribution < 1.29 is 14.3 Å². The van der Waals surface area contributed by atoms with Gasteiger partial charge in [-0.3, -0.25) is 0 Å². The minimum atomic E-state index is -1.22. The minimum absolute atomic E-state index is 0.260. The van der Waals surface area contributed by atoms with E-state index < -0.39 is 11.8 Å². The Labute approximate surface area is 96.3 Å². The van der Waals surface area contributed by atoms with Crippen LogP contribution in [0.25, 0.3) is 0 Å². The Hall–Kier alpha value is -0.680. The van der Waals surface area contributed by atoms with Crippen LogP contribution in [-0.2, 0) is 0 Å². The first-order valence-electron chi connectivity index (χ1n) is 4.29. The third kappa shape index (κ3) is 3.76. The molecule has 0 radical (unpaired) electrons. The van der Waals surface area contributed by atoms with Crippen molar-refractivity contribution in [2.45, 2.75) is 4.90 Å². The summed E-state index contributed by atoms with van der Waals surface area (Å²) in [5.74, 6) is -0.0208. The summed E-state index contributed by atoms with van der Waals surface area (Å²) >= 11 is 3.26. The van der Waals surface area contributed by atoms with Gasteiger partial charge in [0.15, 0.2) is 0 Å². The molecule has 0 aliphatic carbocycles. The Balaban J connectivity index is 2.74. The van der Waals surface area contributed by atoms with Gasteiger partial charge in [-0.15, -0.1) is 11.8 Å². The van der Waals surface area contributed by atoms with Crippen molar-refractivity contribution in [3.8, 4) is 0 Å². The van der Waals surface area contributed by atoms with Gasteiger partial charge in [0.25, 0.3) is 0 Å². The lowest BCUT2D eigenvalue weighted by Gasteiger charge is -2.02. The molecule has 0 atom stereocenters. The van der Waals surface area contributed by atoms with E-state index in [0.717, 1.165) is 16.4 Å². The molecular formula is C10H11FO2S2. The van der Waals surface area contributed by atoms with Crippen molar-refractivity contribution in [1.29, 1.82) is 0 Å². The van der Waals surface area contributed by atoms with Gasteiger partial charge in [-0.1, -0.05) is 0 Å². The molecule has 1 N–H and O–H groups in total. The molecule has 0 saturated carbocycles. The van der Waals surface area contributed by atoms with Crippen LogP contribution in [0.3, 0.4) is 0 Å². The molecule has 1 aromatic rings. The maximum absolute atomic E-state index is 13.0. The van der Waals surface area contributed by atoms with Gasteiger partial charge in [0.1, 0.15) is 5.82 Å². The summed E-state index contributed by atoms with van der Waals surface area (Å²) < 4.78 is 13.0. The van der Waals surface area contributed by atoms with Gasteiger partial charge >= 0.3 is 5.97 Å². The zero-order chi connectivity index (χ0) is 11.3. The van der Waals surface area contributed by atoms with Crippen LogP contribution in [0.15, 0.2) is 23.1 Å². The van der Waals surface area contributed by atoms with Crippen molar-refractivity contribution in [1.82, 2.24) is 0 Å². The first kappa shape index (κ1) is 12.4. The highest BCUT2D eigenvalue weighted by Gasteiger charge is 2.10. The second-order valence-corrected chi connectivity index (χ2v) is 4.94. The van der Waals surface area contributed by atoms with E-state index in [1.807, 2.05) is 6.26 Å². The number of hydrogen-bond acceptors (Lipinski definition) is 3. The van der Waals surface area contributed by atoms with E-state index in [0.29, 0.717) is 0 Å². The number of carboxylic acid groups (broad SMARTS) is 1. The van der Waals surface area contributed by atoms with E-state index in [2.05, 4.69) is 0 Å². The van der Waals surface area contributed by atoms with Crippen LogP contribution in [0.2, 0.25) is 0 Å². The molecular weight excluding hydrogens is 235 g/mol. The van der Waals surface area contributed by atoms with Gasteiger partial charge in [-0.25, -0.2) is 9.18 Å². The van der Waals surface area contributed by atoms with Crippen molar-refractivity contribution >= 4 is 29.5 Å². The van der Waals surface area contributed by atoms with Gasteiger partial charge in [-0.05, 0) is 24.5 Å². The molecule has 0 aromatic heterocycles. The number of carboxylic acids is 1. The van der Waals surface area contributed by atoms with E-state index >= 15 is 0 Å². The summed E-state index contributed by atoms with van der Waals surface area (Å²) in [6.07, 6.45) is 2.01. The fourth-order valence-corrected chi connectivity index (χ4v) is 2.60. The zero-order valence-corrected chi connectivity index (χ0v) is 9.83. The molecule has 0 saturated heterocycles. The molecule has 15 heavy (non-hydrogen) atoms. The quantitative estimate of drug-likeness (QED) is 0.640. The summed E-state index contributed by atoms with van der Waals surface area (Å²) in [5, 5.41) is 8.71. The largest absolute Gasteiger partial charge is 0.478 e. The molecule has 1 rings (SSSR count). The number of benzene rings is 1. The van der Waals surface area contributed by atoms with Gasteiger partial charge < -0.3 is 5.11 Å². The third-order valence-electron chi connectivity index (χ3n) is 1.72. The van der Waals surface area contributed by atoms with Crippen molar-refractivity contribution in [2.24, 2.45) is 0 Å². The Morgan fingerprint density at radius 2 is 2.20 bits per heavy atom. The van der Waals surface area contributed by atoms with E-state index in [4.69, 9.17) is 5.11 Å². The van der Waals surface area contributed by atoms with Gasteiger partial charge in [0.2, 0.25) is 0 Å². The number of thioether (sulfide) groups is 2. The summed E-state index contributed by atoms with van der Waals surface area (Å²) in [5.41, 5.74) is -0.260. The van der Waals surface area contributed by atoms with Crippen molar-refractivity contribution in [2.75, 3.05) is 17.8 Å². The number of carbonyl (C=O) groups is 1. The fourth-order valence-electron chi connectivity index (χ4n) is 1.00. The highest BCUT2D eigenvalue weighted by Crippen LogP contribution is 2.21. The minimum Gasteiger partial charge on any atom is -0.478 e. The SMILES string of the molecule is CSCCSc1ccc(F)c(C(=O)O)c1. The molecule has 0 heterocycles. The van der Waals surface area contributed by atoms with Crippen LogP contribution in [0.4, 0.5) is 4.39 Å². The van der Waals surface area contributed by atoms with Crippen molar-refractivity contribution in [3.63, 3.8) is 0 Å². The molecule has 0 fully saturated rings. The highest BCUT2D eigenvalue weighted by atomic mass is 32.2. The number of hydrogen-bond donors (Lipinski definition) is 1. The average molecular weight is 246 g/mol. The second-order valence-electron chi connectivity index (χ2n) is 2.79. The number of aromatic carboxylic acids is 1. The Kier molecular flexibility index (Phi) is 4.98. The van der Waals surface area contributed by atoms with E-state index in [1.54, 1.807) is 17.8 Å². The van der Waals surface area contributed by atoms with Gasteiger partial charge in [0, 0.05) is 16.4 Å². The van der Waals surface area contributed by atoms with Crippen LogP contribution in [0, 0.1) is 5.82 Å². The first-order chi connectivity index (χ1) is 7.15. The Morgan fingerprint density at radius 3 is 2.80 bits per heavy atom. The normalized spacial score (nSPS) is 10.3. The zero-order valence-electron chi connectivity index (χ0n) is 8.20. The Morgan fingerprint density at radius 1 is 1.47 bits per heavy atom. The lowest BCUT2D eigenvalue weighted by atomic mass is 10.2. The van der Waals surface area contributed by atoms with E-state index in [9.17, 15) is 9.18 Å². The van der Waals surface area contributed by atoms with Crippen LogP contribution < -0.4 is 0 Å². The summed E-state index contributed by atoms with van der Waals surface area (Å²) in [6.45, 7) is 0.